The van der Waals surface area contributed by atoms with Crippen LogP contribution in [0.1, 0.15) is 45.7 Å². The van der Waals surface area contributed by atoms with Crippen molar-refractivity contribution in [2.24, 2.45) is 0 Å². The predicted octanol–water partition coefficient (Wildman–Crippen LogP) is 3.63. The minimum atomic E-state index is -0.564. The van der Waals surface area contributed by atoms with Crippen molar-refractivity contribution in [1.29, 1.82) is 0 Å². The monoisotopic (exact) mass is 540 g/mol. The van der Waals surface area contributed by atoms with Crippen molar-refractivity contribution in [3.63, 3.8) is 0 Å². The van der Waals surface area contributed by atoms with Gasteiger partial charge in [-0.1, -0.05) is 42.2 Å². The summed E-state index contributed by atoms with van der Waals surface area (Å²) in [5.41, 5.74) is 10.2. The lowest BCUT2D eigenvalue weighted by molar-refractivity contribution is -0.577. The molecular weight excluding hydrogens is 514 g/mol. The number of pyridine rings is 2. The smallest absolute Gasteiger partial charge is 0.362 e. The maximum absolute atomic E-state index is 14.2. The summed E-state index contributed by atoms with van der Waals surface area (Å²) in [4.78, 5) is 36.1. The van der Waals surface area contributed by atoms with Crippen LogP contribution in [-0.4, -0.2) is 25.5 Å². The van der Waals surface area contributed by atoms with Crippen LogP contribution in [0.15, 0.2) is 96.3 Å². The summed E-state index contributed by atoms with van der Waals surface area (Å²) in [6.45, 7) is 3.80. The van der Waals surface area contributed by atoms with E-state index in [1.165, 1.54) is 0 Å². The second-order valence-electron chi connectivity index (χ2n) is 9.66. The Balaban J connectivity index is 1.48. The van der Waals surface area contributed by atoms with Gasteiger partial charge in [0.2, 0.25) is 0 Å². The number of nitrogens with one attached hydrogen (secondary N) is 2. The van der Waals surface area contributed by atoms with Crippen molar-refractivity contribution in [2.75, 3.05) is 5.73 Å². The molecule has 200 valence electrons. The van der Waals surface area contributed by atoms with Gasteiger partial charge in [-0.05, 0) is 60.1 Å². The quantitative estimate of drug-likeness (QED) is 0.233. The minimum Gasteiger partial charge on any atom is -0.382 e. The van der Waals surface area contributed by atoms with Gasteiger partial charge >= 0.3 is 5.65 Å². The van der Waals surface area contributed by atoms with E-state index in [1.54, 1.807) is 39.9 Å². The predicted molar refractivity (Wildman–Crippen MR) is 157 cm³/mol. The van der Waals surface area contributed by atoms with E-state index in [-0.39, 0.29) is 16.9 Å². The lowest BCUT2D eigenvalue weighted by Gasteiger charge is -2.21. The van der Waals surface area contributed by atoms with E-state index in [0.29, 0.717) is 28.0 Å². The van der Waals surface area contributed by atoms with Gasteiger partial charge in [0.05, 0.1) is 11.4 Å². The number of fused-ring (bicyclic) bond motifs is 2. The highest BCUT2D eigenvalue weighted by Crippen LogP contribution is 2.24. The molecule has 9 heteroatoms. The molecule has 0 aliphatic carbocycles. The maximum atomic E-state index is 14.2. The molecule has 6 aromatic rings. The van der Waals surface area contributed by atoms with Crippen LogP contribution in [0.4, 0.5) is 5.82 Å². The first-order valence-corrected chi connectivity index (χ1v) is 13.0. The SMILES string of the molecule is Cc1ccncc1C#Cc1cccc2cc(C(C)NC(=O)c3c(N)[nH][n+]4cccnc34)n(-c3ccccc3)c(=O)c12. The molecule has 4 heterocycles. The van der Waals surface area contributed by atoms with Gasteiger partial charge in [0, 0.05) is 41.0 Å². The fraction of sp³-hybridized carbons (Fsp3) is 0.0938. The topological polar surface area (TPSA) is 123 Å². The number of nitrogens with zero attached hydrogens (tertiary/aromatic N) is 4. The average Bonchev–Trinajstić information content (AvgIpc) is 3.32. The highest BCUT2D eigenvalue weighted by molar-refractivity contribution is 6.03. The Labute approximate surface area is 235 Å². The third-order valence-electron chi connectivity index (χ3n) is 6.96. The number of rotatable bonds is 4. The summed E-state index contributed by atoms with van der Waals surface area (Å²) in [7, 11) is 0. The number of carbonyl (C=O) groups is 1. The number of anilines is 1. The molecular formula is C32H26N7O2+. The number of hydrogen-bond donors (Lipinski definition) is 3. The third-order valence-corrected chi connectivity index (χ3v) is 6.96. The Hall–Kier alpha value is -5.75. The number of aryl methyl sites for hydroxylation is 1. The molecule has 0 radical (unpaired) electrons. The molecule has 0 aliphatic rings. The van der Waals surface area contributed by atoms with Gasteiger partial charge in [0.25, 0.3) is 11.5 Å². The Morgan fingerprint density at radius 1 is 1.05 bits per heavy atom. The number of benzene rings is 2. The van der Waals surface area contributed by atoms with Crippen LogP contribution < -0.4 is 21.1 Å². The summed E-state index contributed by atoms with van der Waals surface area (Å²) in [6, 6.07) is 19.9. The molecule has 6 rings (SSSR count). The fourth-order valence-electron chi connectivity index (χ4n) is 4.90. The molecule has 4 N–H and O–H groups in total. The highest BCUT2D eigenvalue weighted by atomic mass is 16.2. The maximum Gasteiger partial charge on any atom is 0.362 e. The molecule has 0 saturated heterocycles. The molecule has 1 atom stereocenters. The zero-order valence-electron chi connectivity index (χ0n) is 22.4. The number of aromatic amines is 1. The molecule has 9 nitrogen and oxygen atoms in total. The van der Waals surface area contributed by atoms with Crippen LogP contribution in [0.5, 0.6) is 0 Å². The van der Waals surface area contributed by atoms with Crippen molar-refractivity contribution in [2.45, 2.75) is 19.9 Å². The highest BCUT2D eigenvalue weighted by Gasteiger charge is 2.27. The largest absolute Gasteiger partial charge is 0.382 e. The van der Waals surface area contributed by atoms with E-state index >= 15 is 0 Å². The lowest BCUT2D eigenvalue weighted by atomic mass is 10.0. The van der Waals surface area contributed by atoms with Crippen molar-refractivity contribution in [3.05, 3.63) is 130 Å². The summed E-state index contributed by atoms with van der Waals surface area (Å²) >= 11 is 0. The van der Waals surface area contributed by atoms with E-state index in [2.05, 4.69) is 32.2 Å². The molecule has 41 heavy (non-hydrogen) atoms. The van der Waals surface area contributed by atoms with Gasteiger partial charge in [0.1, 0.15) is 12.4 Å². The van der Waals surface area contributed by atoms with E-state index in [4.69, 9.17) is 5.73 Å². The number of para-hydroxylation sites is 1. The normalized spacial score (nSPS) is 11.7. The molecule has 0 aliphatic heterocycles. The first-order valence-electron chi connectivity index (χ1n) is 13.0. The third kappa shape index (κ3) is 4.68. The molecule has 1 unspecified atom stereocenters. The number of H-pyrrole nitrogens is 1. The summed E-state index contributed by atoms with van der Waals surface area (Å²) in [6.07, 6.45) is 6.76. The molecule has 0 fully saturated rings. The Morgan fingerprint density at radius 3 is 2.66 bits per heavy atom. The first kappa shape index (κ1) is 25.5. The number of nitrogens with two attached hydrogens (primary N) is 1. The number of amides is 1. The zero-order chi connectivity index (χ0) is 28.5. The number of nitrogen functional groups attached to an aromatic ring is 1. The molecule has 4 aromatic heterocycles. The minimum absolute atomic E-state index is 0.194. The Morgan fingerprint density at radius 2 is 1.85 bits per heavy atom. The molecule has 0 bridgehead atoms. The first-order chi connectivity index (χ1) is 19.9. The summed E-state index contributed by atoms with van der Waals surface area (Å²) in [5, 5.41) is 7.15. The average molecular weight is 541 g/mol. The van der Waals surface area contributed by atoms with Gasteiger partial charge in [-0.2, -0.15) is 0 Å². The van der Waals surface area contributed by atoms with E-state index in [0.717, 1.165) is 16.5 Å². The zero-order valence-corrected chi connectivity index (χ0v) is 22.4. The van der Waals surface area contributed by atoms with Crippen molar-refractivity contribution in [3.8, 4) is 17.5 Å². The van der Waals surface area contributed by atoms with Gasteiger partial charge < -0.3 is 11.1 Å². The summed E-state index contributed by atoms with van der Waals surface area (Å²) in [5.74, 6) is 6.14. The van der Waals surface area contributed by atoms with Crippen LogP contribution in [0.3, 0.4) is 0 Å². The molecule has 0 saturated carbocycles. The standard InChI is InChI=1S/C32H25N7O2/c1-20-14-16-34-19-24(20)13-12-22-8-6-9-23-18-26(39(32(41)27(22)23)25-10-4-3-5-11-25)21(2)36-31(40)28-29(33)37-38-17-7-15-35-30(28)38/h3-11,14-19,21H,1-2H3,(H3,33,36,37,40)/p+1. The summed E-state index contributed by atoms with van der Waals surface area (Å²) < 4.78 is 3.21. The van der Waals surface area contributed by atoms with Gasteiger partial charge in [-0.25, -0.2) is 5.10 Å². The van der Waals surface area contributed by atoms with E-state index in [1.807, 2.05) is 74.5 Å². The number of carbonyl (C=O) groups excluding carboxylic acids is 1. The molecule has 0 spiro atoms. The van der Waals surface area contributed by atoms with Gasteiger partial charge in [0.15, 0.2) is 11.4 Å². The van der Waals surface area contributed by atoms with Crippen molar-refractivity contribution >= 4 is 28.1 Å². The molecule has 2 aromatic carbocycles. The fourth-order valence-corrected chi connectivity index (χ4v) is 4.90. The van der Waals surface area contributed by atoms with Crippen molar-refractivity contribution < 1.29 is 9.31 Å². The molecule has 1 amide bonds. The number of aromatic nitrogens is 5. The van der Waals surface area contributed by atoms with Gasteiger partial charge in [-0.3, -0.25) is 19.1 Å². The van der Waals surface area contributed by atoms with Crippen LogP contribution in [-0.2, 0) is 0 Å². The van der Waals surface area contributed by atoms with Crippen LogP contribution in [0.25, 0.3) is 22.1 Å². The van der Waals surface area contributed by atoms with Crippen LogP contribution >= 0.6 is 0 Å². The Bertz CT molecular complexity index is 2070. The van der Waals surface area contributed by atoms with Gasteiger partial charge in [-0.15, -0.1) is 4.52 Å². The lowest BCUT2D eigenvalue weighted by Crippen LogP contribution is -2.33. The second kappa shape index (κ2) is 10.4. The van der Waals surface area contributed by atoms with Crippen LogP contribution in [0, 0.1) is 18.8 Å². The van der Waals surface area contributed by atoms with Crippen LogP contribution in [0.2, 0.25) is 0 Å². The van der Waals surface area contributed by atoms with E-state index < -0.39 is 11.9 Å². The number of hydrogen-bond acceptors (Lipinski definition) is 5. The second-order valence-corrected chi connectivity index (χ2v) is 9.66. The Kier molecular flexibility index (Phi) is 6.49. The van der Waals surface area contributed by atoms with E-state index in [9.17, 15) is 9.59 Å². The van der Waals surface area contributed by atoms with Crippen molar-refractivity contribution in [1.82, 2.24) is 25.0 Å².